The second-order valence-corrected chi connectivity index (χ2v) is 5.68. The maximum Gasteiger partial charge on any atom is 0.573 e. The fourth-order valence-electron chi connectivity index (χ4n) is 2.62. The van der Waals surface area contributed by atoms with Gasteiger partial charge in [0.15, 0.2) is 0 Å². The van der Waals surface area contributed by atoms with Gasteiger partial charge in [0.1, 0.15) is 23.0 Å². The summed E-state index contributed by atoms with van der Waals surface area (Å²) in [6, 6.07) is 8.53. The topological polar surface area (TPSA) is 21.8 Å². The molecule has 1 unspecified atom stereocenters. The zero-order valence-corrected chi connectivity index (χ0v) is 13.0. The molecule has 0 radical (unpaired) electrons. The molecule has 0 aromatic heterocycles. The van der Waals surface area contributed by atoms with Gasteiger partial charge in [0.2, 0.25) is 0 Å². The highest BCUT2D eigenvalue weighted by molar-refractivity contribution is 5.58. The zero-order valence-electron chi connectivity index (χ0n) is 13.0. The van der Waals surface area contributed by atoms with Crippen LogP contribution in [0.15, 0.2) is 48.0 Å². The van der Waals surface area contributed by atoms with Gasteiger partial charge in [-0.1, -0.05) is 18.2 Å². The number of epoxide rings is 1. The van der Waals surface area contributed by atoms with Crippen molar-refractivity contribution in [1.82, 2.24) is 0 Å². The third-order valence-electron chi connectivity index (χ3n) is 3.93. The van der Waals surface area contributed by atoms with E-state index in [1.54, 1.807) is 13.0 Å². The maximum absolute atomic E-state index is 14.0. The highest BCUT2D eigenvalue weighted by Gasteiger charge is 2.49. The predicted octanol–water partition coefficient (Wildman–Crippen LogP) is 5.19. The summed E-state index contributed by atoms with van der Waals surface area (Å²) in [4.78, 5) is 0. The molecular formula is C18H13F5O2. The Hall–Kier alpha value is -2.41. The van der Waals surface area contributed by atoms with Gasteiger partial charge in [0, 0.05) is 11.6 Å². The van der Waals surface area contributed by atoms with E-state index in [1.807, 2.05) is 0 Å². The molecule has 132 valence electrons. The lowest BCUT2D eigenvalue weighted by atomic mass is 9.90. The van der Waals surface area contributed by atoms with Gasteiger partial charge < -0.3 is 9.47 Å². The van der Waals surface area contributed by atoms with Gasteiger partial charge in [-0.3, -0.25) is 0 Å². The average molecular weight is 356 g/mol. The second-order valence-electron chi connectivity index (χ2n) is 5.68. The van der Waals surface area contributed by atoms with Crippen molar-refractivity contribution in [1.29, 1.82) is 0 Å². The first kappa shape index (κ1) is 17.4. The molecule has 25 heavy (non-hydrogen) atoms. The summed E-state index contributed by atoms with van der Waals surface area (Å²) in [6.45, 7) is 1.96. The van der Waals surface area contributed by atoms with Crippen LogP contribution in [-0.4, -0.2) is 13.0 Å². The predicted molar refractivity (Wildman–Crippen MR) is 80.8 cm³/mol. The molecule has 3 rings (SSSR count). The minimum atomic E-state index is -4.75. The summed E-state index contributed by atoms with van der Waals surface area (Å²) >= 11 is 0. The highest BCUT2D eigenvalue weighted by Crippen LogP contribution is 2.46. The smallest absolute Gasteiger partial charge is 0.406 e. The van der Waals surface area contributed by atoms with E-state index in [-0.39, 0.29) is 17.9 Å². The molecule has 2 aromatic carbocycles. The van der Waals surface area contributed by atoms with Crippen LogP contribution in [0.3, 0.4) is 0 Å². The van der Waals surface area contributed by atoms with Crippen molar-refractivity contribution in [2.24, 2.45) is 0 Å². The van der Waals surface area contributed by atoms with Crippen LogP contribution < -0.4 is 4.74 Å². The maximum atomic E-state index is 14.0. The van der Waals surface area contributed by atoms with Crippen LogP contribution >= 0.6 is 0 Å². The zero-order chi connectivity index (χ0) is 18.2. The summed E-state index contributed by atoms with van der Waals surface area (Å²) in [6.07, 6.45) is -3.08. The second kappa shape index (κ2) is 6.15. The molecule has 1 aliphatic heterocycles. The summed E-state index contributed by atoms with van der Waals surface area (Å²) < 4.78 is 72.8. The van der Waals surface area contributed by atoms with Crippen LogP contribution in [0, 0.1) is 11.6 Å². The van der Waals surface area contributed by atoms with Crippen molar-refractivity contribution < 1.29 is 31.4 Å². The van der Waals surface area contributed by atoms with E-state index in [0.29, 0.717) is 11.1 Å². The molecular weight excluding hydrogens is 343 g/mol. The molecule has 2 aromatic rings. The Labute approximate surface area is 140 Å². The van der Waals surface area contributed by atoms with Crippen molar-refractivity contribution in [2.45, 2.75) is 18.9 Å². The Morgan fingerprint density at radius 1 is 1.12 bits per heavy atom. The summed E-state index contributed by atoms with van der Waals surface area (Å²) in [5, 5.41) is 0. The standard InChI is InChI=1S/C18H13F5O2/c1-11(8-12-2-5-14(6-3-12)25-18(21,22)23)17(10-24-17)15-7-4-13(19)9-16(15)20/h2-9H,10H2,1H3. The number of halogens is 5. The van der Waals surface area contributed by atoms with Crippen molar-refractivity contribution in [3.8, 4) is 5.75 Å². The first-order valence-electron chi connectivity index (χ1n) is 7.34. The third-order valence-corrected chi connectivity index (χ3v) is 3.93. The Morgan fingerprint density at radius 3 is 2.28 bits per heavy atom. The van der Waals surface area contributed by atoms with Crippen LogP contribution in [0.5, 0.6) is 5.75 Å². The monoisotopic (exact) mass is 356 g/mol. The van der Waals surface area contributed by atoms with Crippen molar-refractivity contribution in [3.05, 3.63) is 70.8 Å². The first-order valence-corrected chi connectivity index (χ1v) is 7.34. The van der Waals surface area contributed by atoms with E-state index >= 15 is 0 Å². The van der Waals surface area contributed by atoms with Crippen molar-refractivity contribution in [3.63, 3.8) is 0 Å². The lowest BCUT2D eigenvalue weighted by Crippen LogP contribution is -2.17. The molecule has 1 aliphatic rings. The van der Waals surface area contributed by atoms with Crippen LogP contribution in [0.2, 0.25) is 0 Å². The first-order chi connectivity index (χ1) is 11.7. The highest BCUT2D eigenvalue weighted by atomic mass is 19.4. The molecule has 2 nitrogen and oxygen atoms in total. The summed E-state index contributed by atoms with van der Waals surface area (Å²) in [7, 11) is 0. The summed E-state index contributed by atoms with van der Waals surface area (Å²) in [5.74, 6) is -1.72. The molecule has 1 saturated heterocycles. The van der Waals surface area contributed by atoms with E-state index in [1.165, 1.54) is 30.3 Å². The number of rotatable bonds is 4. The fourth-order valence-corrected chi connectivity index (χ4v) is 2.62. The minimum absolute atomic E-state index is 0.222. The molecule has 0 saturated carbocycles. The van der Waals surface area contributed by atoms with E-state index in [4.69, 9.17) is 4.74 Å². The van der Waals surface area contributed by atoms with Crippen LogP contribution in [0.1, 0.15) is 18.1 Å². The number of hydrogen-bond donors (Lipinski definition) is 0. The molecule has 1 heterocycles. The average Bonchev–Trinajstić information content (AvgIpc) is 3.29. The normalized spacial score (nSPS) is 20.5. The Balaban J connectivity index is 1.84. The van der Waals surface area contributed by atoms with Gasteiger partial charge in [0.05, 0.1) is 6.61 Å². The Bertz CT molecular complexity index is 805. The molecule has 0 amide bonds. The van der Waals surface area contributed by atoms with Gasteiger partial charge in [-0.05, 0) is 42.3 Å². The van der Waals surface area contributed by atoms with Crippen molar-refractivity contribution in [2.75, 3.05) is 6.61 Å². The molecule has 0 N–H and O–H groups in total. The summed E-state index contributed by atoms with van der Waals surface area (Å²) in [5.41, 5.74) is 0.505. The van der Waals surface area contributed by atoms with Gasteiger partial charge in [-0.15, -0.1) is 13.2 Å². The van der Waals surface area contributed by atoms with Gasteiger partial charge in [-0.25, -0.2) is 8.78 Å². The van der Waals surface area contributed by atoms with E-state index in [0.717, 1.165) is 12.1 Å². The number of alkyl halides is 3. The molecule has 0 bridgehead atoms. The SMILES string of the molecule is CC(=Cc1ccc(OC(F)(F)F)cc1)C1(c2ccc(F)cc2F)CO1. The lowest BCUT2D eigenvalue weighted by Gasteiger charge is -2.15. The lowest BCUT2D eigenvalue weighted by molar-refractivity contribution is -0.274. The number of hydrogen-bond acceptors (Lipinski definition) is 2. The molecule has 0 spiro atoms. The van der Waals surface area contributed by atoms with Crippen molar-refractivity contribution >= 4 is 6.08 Å². The van der Waals surface area contributed by atoms with Crippen LogP contribution in [0.4, 0.5) is 22.0 Å². The minimum Gasteiger partial charge on any atom is -0.406 e. The quantitative estimate of drug-likeness (QED) is 0.555. The van der Waals surface area contributed by atoms with E-state index < -0.39 is 23.6 Å². The van der Waals surface area contributed by atoms with Crippen LogP contribution in [0.25, 0.3) is 6.08 Å². The van der Waals surface area contributed by atoms with Gasteiger partial charge in [0.25, 0.3) is 0 Å². The van der Waals surface area contributed by atoms with E-state index in [9.17, 15) is 22.0 Å². The Kier molecular flexibility index (Phi) is 4.28. The van der Waals surface area contributed by atoms with E-state index in [2.05, 4.69) is 4.74 Å². The third kappa shape index (κ3) is 3.82. The molecule has 1 atom stereocenters. The fraction of sp³-hybridized carbons (Fsp3) is 0.222. The van der Waals surface area contributed by atoms with Gasteiger partial charge in [-0.2, -0.15) is 0 Å². The van der Waals surface area contributed by atoms with Crippen LogP contribution in [-0.2, 0) is 10.3 Å². The number of ether oxygens (including phenoxy) is 2. The Morgan fingerprint density at radius 2 is 1.76 bits per heavy atom. The number of benzene rings is 2. The largest absolute Gasteiger partial charge is 0.573 e. The molecule has 1 fully saturated rings. The van der Waals surface area contributed by atoms with Gasteiger partial charge >= 0.3 is 6.36 Å². The molecule has 7 heteroatoms. The molecule has 0 aliphatic carbocycles.